The van der Waals surface area contributed by atoms with Crippen LogP contribution in [0, 0.1) is 11.8 Å². The number of benzene rings is 2. The monoisotopic (exact) mass is 663 g/mol. The summed E-state index contributed by atoms with van der Waals surface area (Å²) in [5.41, 5.74) is -4.20. The first-order valence-electron chi connectivity index (χ1n) is 14.5. The van der Waals surface area contributed by atoms with Crippen LogP contribution in [0.3, 0.4) is 0 Å². The number of halogens is 6. The molecule has 0 radical (unpaired) electrons. The van der Waals surface area contributed by atoms with E-state index in [1.807, 2.05) is 13.8 Å². The SMILES string of the molecule is CC(C)CN[C@@H]1CC[C@H](N2CCC(Nc3cccc(C(F)(F)F)c3)(OC(=O)C(F)(F)F)C2=O)[C@H](CS(=O)(=O)c2ccccc2)C1. The predicted molar refractivity (Wildman–Crippen MR) is 153 cm³/mol. The summed E-state index contributed by atoms with van der Waals surface area (Å²) in [5, 5.41) is 5.77. The third kappa shape index (κ3) is 8.29. The summed E-state index contributed by atoms with van der Waals surface area (Å²) in [6.07, 6.45) is -9.65. The van der Waals surface area contributed by atoms with E-state index in [4.69, 9.17) is 4.74 Å². The zero-order valence-electron chi connectivity index (χ0n) is 24.6. The summed E-state index contributed by atoms with van der Waals surface area (Å²) in [6, 6.07) is 10.3. The van der Waals surface area contributed by atoms with Gasteiger partial charge >= 0.3 is 18.3 Å². The van der Waals surface area contributed by atoms with Gasteiger partial charge in [0, 0.05) is 30.7 Å². The van der Waals surface area contributed by atoms with E-state index in [1.54, 1.807) is 18.2 Å². The lowest BCUT2D eigenvalue weighted by Gasteiger charge is -2.42. The number of carbonyl (C=O) groups is 2. The van der Waals surface area contributed by atoms with Gasteiger partial charge < -0.3 is 20.3 Å². The summed E-state index contributed by atoms with van der Waals surface area (Å²) in [4.78, 5) is 27.3. The second-order valence-electron chi connectivity index (χ2n) is 11.9. The standard InChI is InChI=1S/C30H35F6N3O5S/c1-19(2)17-37-22-11-12-25(20(15-22)18-45(42,43)24-9-4-3-5-10-24)39-14-13-28(26(39)40,44-27(41)30(34,35)36)38-23-8-6-7-21(16-23)29(31,32)33/h3-10,16,19-20,22,25,37-38H,11-15,17-18H2,1-2H3/t20-,22+,25-,28?/m0/s1. The number of carbonyl (C=O) groups excluding carboxylic acids is 2. The van der Waals surface area contributed by atoms with Gasteiger partial charge in [-0.3, -0.25) is 4.79 Å². The molecule has 1 heterocycles. The Kier molecular flexibility index (Phi) is 10.1. The molecule has 4 rings (SSSR count). The number of likely N-dealkylation sites (tertiary alicyclic amines) is 1. The van der Waals surface area contributed by atoms with Crippen LogP contribution in [0.15, 0.2) is 59.5 Å². The summed E-state index contributed by atoms with van der Waals surface area (Å²) >= 11 is 0. The van der Waals surface area contributed by atoms with Crippen LogP contribution in [0.25, 0.3) is 0 Å². The Morgan fingerprint density at radius 2 is 1.73 bits per heavy atom. The van der Waals surface area contributed by atoms with E-state index in [0.717, 1.165) is 18.2 Å². The van der Waals surface area contributed by atoms with Crippen LogP contribution in [0.1, 0.15) is 45.1 Å². The van der Waals surface area contributed by atoms with Crippen LogP contribution in [0.2, 0.25) is 0 Å². The first-order chi connectivity index (χ1) is 20.9. The number of nitrogens with zero attached hydrogens (tertiary/aromatic N) is 1. The zero-order chi connectivity index (χ0) is 33.2. The molecule has 1 aliphatic carbocycles. The van der Waals surface area contributed by atoms with E-state index in [9.17, 15) is 44.3 Å². The van der Waals surface area contributed by atoms with Crippen molar-refractivity contribution in [3.05, 3.63) is 60.2 Å². The van der Waals surface area contributed by atoms with Gasteiger partial charge in [-0.1, -0.05) is 38.1 Å². The molecule has 2 fully saturated rings. The van der Waals surface area contributed by atoms with Gasteiger partial charge in [0.25, 0.3) is 11.6 Å². The second-order valence-corrected chi connectivity index (χ2v) is 13.9. The zero-order valence-corrected chi connectivity index (χ0v) is 25.4. The lowest BCUT2D eigenvalue weighted by molar-refractivity contribution is -0.211. The largest absolute Gasteiger partial charge is 0.491 e. The fourth-order valence-corrected chi connectivity index (χ4v) is 7.61. The predicted octanol–water partition coefficient (Wildman–Crippen LogP) is 5.41. The van der Waals surface area contributed by atoms with E-state index in [2.05, 4.69) is 10.6 Å². The van der Waals surface area contributed by atoms with Crippen molar-refractivity contribution in [1.82, 2.24) is 10.2 Å². The summed E-state index contributed by atoms with van der Waals surface area (Å²) in [5.74, 6) is -4.50. The van der Waals surface area contributed by atoms with Crippen molar-refractivity contribution in [1.29, 1.82) is 0 Å². The Morgan fingerprint density at radius 1 is 1.04 bits per heavy atom. The van der Waals surface area contributed by atoms with Crippen molar-refractivity contribution in [3.8, 4) is 0 Å². The van der Waals surface area contributed by atoms with E-state index in [-0.39, 0.29) is 28.9 Å². The Morgan fingerprint density at radius 3 is 2.36 bits per heavy atom. The molecule has 8 nitrogen and oxygen atoms in total. The minimum absolute atomic E-state index is 0.0772. The van der Waals surface area contributed by atoms with E-state index in [1.165, 1.54) is 17.0 Å². The number of nitrogens with one attached hydrogen (secondary N) is 2. The lowest BCUT2D eigenvalue weighted by atomic mass is 9.81. The molecule has 15 heteroatoms. The molecule has 1 saturated carbocycles. The van der Waals surface area contributed by atoms with Crippen LogP contribution < -0.4 is 10.6 Å². The molecule has 2 aliphatic rings. The fourth-order valence-electron chi connectivity index (χ4n) is 5.92. The highest BCUT2D eigenvalue weighted by molar-refractivity contribution is 7.91. The van der Waals surface area contributed by atoms with E-state index in [0.29, 0.717) is 37.8 Å². The highest BCUT2D eigenvalue weighted by atomic mass is 32.2. The van der Waals surface area contributed by atoms with E-state index < -0.39 is 63.7 Å². The summed E-state index contributed by atoms with van der Waals surface area (Å²) < 4.78 is 112. The maximum absolute atomic E-state index is 14.0. The highest BCUT2D eigenvalue weighted by Gasteiger charge is 2.57. The Hall–Kier alpha value is -3.33. The van der Waals surface area contributed by atoms with Gasteiger partial charge in [0.15, 0.2) is 9.84 Å². The third-order valence-electron chi connectivity index (χ3n) is 8.04. The molecule has 2 N–H and O–H groups in total. The molecule has 1 saturated heterocycles. The van der Waals surface area contributed by atoms with Crippen LogP contribution in [0.4, 0.5) is 32.0 Å². The van der Waals surface area contributed by atoms with Crippen molar-refractivity contribution >= 4 is 27.4 Å². The number of alkyl halides is 6. The molecule has 2 aromatic carbocycles. The van der Waals surface area contributed by atoms with Crippen molar-refractivity contribution in [2.45, 2.75) is 74.6 Å². The summed E-state index contributed by atoms with van der Waals surface area (Å²) in [6.45, 7) is 4.45. The van der Waals surface area contributed by atoms with Crippen LogP contribution in [-0.4, -0.2) is 68.0 Å². The van der Waals surface area contributed by atoms with Gasteiger partial charge in [0.05, 0.1) is 16.2 Å². The third-order valence-corrected chi connectivity index (χ3v) is 9.90. The Balaban J connectivity index is 1.67. The smallest absolute Gasteiger partial charge is 0.423 e. The lowest BCUT2D eigenvalue weighted by Crippen LogP contribution is -2.56. The Bertz CT molecular complexity index is 1470. The van der Waals surface area contributed by atoms with Crippen LogP contribution >= 0.6 is 0 Å². The van der Waals surface area contributed by atoms with Gasteiger partial charge in [0.1, 0.15) is 0 Å². The number of anilines is 1. The number of hydrogen-bond acceptors (Lipinski definition) is 7. The average Bonchev–Trinajstić information content (AvgIpc) is 3.26. The topological polar surface area (TPSA) is 105 Å². The molecule has 1 unspecified atom stereocenters. The summed E-state index contributed by atoms with van der Waals surface area (Å²) in [7, 11) is -3.85. The van der Waals surface area contributed by atoms with E-state index >= 15 is 0 Å². The molecule has 1 amide bonds. The first-order valence-corrected chi connectivity index (χ1v) is 16.1. The van der Waals surface area contributed by atoms with Gasteiger partial charge in [0.2, 0.25) is 0 Å². The van der Waals surface area contributed by atoms with Crippen LogP contribution in [-0.2, 0) is 30.3 Å². The minimum Gasteiger partial charge on any atom is -0.423 e. The second kappa shape index (κ2) is 13.2. The maximum atomic E-state index is 14.0. The van der Waals surface area contributed by atoms with Gasteiger partial charge in [-0.05, 0) is 68.0 Å². The number of sulfone groups is 1. The highest BCUT2D eigenvalue weighted by Crippen LogP contribution is 2.39. The number of amides is 1. The van der Waals surface area contributed by atoms with Crippen molar-refractivity contribution < 1.29 is 49.1 Å². The van der Waals surface area contributed by atoms with Crippen molar-refractivity contribution in [2.75, 3.05) is 24.2 Å². The molecular weight excluding hydrogens is 628 g/mol. The molecule has 2 aromatic rings. The molecule has 45 heavy (non-hydrogen) atoms. The minimum atomic E-state index is -5.50. The Labute approximate surface area is 257 Å². The first kappa shape index (κ1) is 34.5. The average molecular weight is 664 g/mol. The molecule has 0 spiro atoms. The van der Waals surface area contributed by atoms with Crippen molar-refractivity contribution in [3.63, 3.8) is 0 Å². The van der Waals surface area contributed by atoms with Crippen LogP contribution in [0.5, 0.6) is 0 Å². The van der Waals surface area contributed by atoms with Crippen molar-refractivity contribution in [2.24, 2.45) is 11.8 Å². The fraction of sp³-hybridized carbons (Fsp3) is 0.533. The van der Waals surface area contributed by atoms with Gasteiger partial charge in [-0.25, -0.2) is 13.2 Å². The number of hydrogen-bond donors (Lipinski definition) is 2. The quantitative estimate of drug-likeness (QED) is 0.199. The molecule has 0 aromatic heterocycles. The maximum Gasteiger partial charge on any atom is 0.491 e. The molecule has 1 aliphatic heterocycles. The van der Waals surface area contributed by atoms with Gasteiger partial charge in [-0.2, -0.15) is 26.3 Å². The normalized spacial score (nSPS) is 24.6. The number of esters is 1. The number of rotatable bonds is 10. The molecule has 248 valence electrons. The molecule has 0 bridgehead atoms. The van der Waals surface area contributed by atoms with Gasteiger partial charge in [-0.15, -0.1) is 0 Å². The molecular formula is C30H35F6N3O5S. The molecule has 4 atom stereocenters. The number of ether oxygens (including phenoxy) is 1.